The maximum absolute atomic E-state index is 13.6. The molecule has 2 aliphatic rings. The van der Waals surface area contributed by atoms with Gasteiger partial charge in [-0.15, -0.1) is 0 Å². The summed E-state index contributed by atoms with van der Waals surface area (Å²) in [5.74, 6) is -0.841. The van der Waals surface area contributed by atoms with Crippen LogP contribution in [0.15, 0.2) is 36.4 Å². The Labute approximate surface area is 264 Å². The number of phenols is 1. The molecule has 1 N–H and O–H groups in total. The van der Waals surface area contributed by atoms with Crippen LogP contribution >= 0.6 is 0 Å². The molecule has 7 nitrogen and oxygen atoms in total. The van der Waals surface area contributed by atoms with Gasteiger partial charge in [0.2, 0.25) is 0 Å². The first kappa shape index (κ1) is 37.9. The maximum atomic E-state index is 13.6. The number of ether oxygens (including phenoxy) is 2. The fourth-order valence-electron chi connectivity index (χ4n) is 5.42. The van der Waals surface area contributed by atoms with Crippen molar-refractivity contribution in [3.8, 4) is 5.75 Å². The van der Waals surface area contributed by atoms with E-state index in [1.54, 1.807) is 32.2 Å². The van der Waals surface area contributed by atoms with Gasteiger partial charge in [-0.1, -0.05) is 12.1 Å². The van der Waals surface area contributed by atoms with Crippen molar-refractivity contribution in [3.05, 3.63) is 64.2 Å². The Morgan fingerprint density at radius 1 is 0.932 bits per heavy atom. The van der Waals surface area contributed by atoms with Crippen LogP contribution in [0.5, 0.6) is 5.75 Å². The van der Waals surface area contributed by atoms with E-state index in [4.69, 9.17) is 9.47 Å². The van der Waals surface area contributed by atoms with E-state index in [2.05, 4.69) is 9.80 Å². The Kier molecular flexibility index (Phi) is 13.6. The number of piperazine rings is 1. The summed E-state index contributed by atoms with van der Waals surface area (Å²) in [6, 6.07) is 5.49. The minimum Gasteiger partial charge on any atom is -1.00 e. The summed E-state index contributed by atoms with van der Waals surface area (Å²) < 4.78 is 91.8. The number of amides is 1. The molecule has 0 saturated carbocycles. The number of carbonyl (C=O) groups excluding carboxylic acids is 1. The van der Waals surface area contributed by atoms with E-state index in [1.165, 1.54) is 4.90 Å². The molecule has 2 heterocycles. The Bertz CT molecular complexity index is 1220. The van der Waals surface area contributed by atoms with Gasteiger partial charge in [-0.3, -0.25) is 14.6 Å². The Morgan fingerprint density at radius 2 is 1.55 bits per heavy atom. The van der Waals surface area contributed by atoms with Gasteiger partial charge in [0.05, 0.1) is 30.4 Å². The Morgan fingerprint density at radius 3 is 2.11 bits per heavy atom. The van der Waals surface area contributed by atoms with Gasteiger partial charge in [0.15, 0.2) is 0 Å². The smallest absolute Gasteiger partial charge is 0.416 e. The van der Waals surface area contributed by atoms with Crippen molar-refractivity contribution in [2.45, 2.75) is 37.8 Å². The molecule has 2 aliphatic heterocycles. The number of aryl methyl sites for hydroxylation is 1. The highest BCUT2D eigenvalue weighted by Gasteiger charge is 2.39. The summed E-state index contributed by atoms with van der Waals surface area (Å²) in [4.78, 5) is 19.3. The number of aromatic hydroxyl groups is 1. The number of methoxy groups -OCH3 is 1. The number of phenolic OH excluding ortho intramolecular Hbond substituents is 1. The van der Waals surface area contributed by atoms with E-state index in [0.717, 1.165) is 13.1 Å². The van der Waals surface area contributed by atoms with Gasteiger partial charge in [-0.2, -0.15) is 26.3 Å². The van der Waals surface area contributed by atoms with Gasteiger partial charge < -0.3 is 44.3 Å². The highest BCUT2D eigenvalue weighted by atomic mass is 35.5. The lowest BCUT2D eigenvalue weighted by Gasteiger charge is -2.43. The second-order valence-electron chi connectivity index (χ2n) is 10.8. The number of morpholine rings is 1. The minimum absolute atomic E-state index is 0. The van der Waals surface area contributed by atoms with Crippen LogP contribution in [0, 0.1) is 6.92 Å². The molecule has 0 bridgehead atoms. The van der Waals surface area contributed by atoms with Crippen LogP contribution in [0.3, 0.4) is 0 Å². The summed E-state index contributed by atoms with van der Waals surface area (Å²) in [6.07, 6.45) is -9.89. The molecule has 2 atom stereocenters. The molecule has 248 valence electrons. The monoisotopic (exact) mass is 673 g/mol. The van der Waals surface area contributed by atoms with Gasteiger partial charge in [-0.05, 0) is 48.7 Å². The number of nitrogens with zero attached hydrogens (tertiary/aromatic N) is 3. The maximum Gasteiger partial charge on any atom is 0.416 e. The lowest BCUT2D eigenvalue weighted by molar-refractivity contribution is -0.143. The van der Waals surface area contributed by atoms with E-state index in [-0.39, 0.29) is 55.7 Å². The van der Waals surface area contributed by atoms with Gasteiger partial charge in [0, 0.05) is 64.5 Å². The fourth-order valence-corrected chi connectivity index (χ4v) is 5.42. The number of carbonyl (C=O) groups is 1. The summed E-state index contributed by atoms with van der Waals surface area (Å²) in [7, 11) is 1.61. The first-order valence-corrected chi connectivity index (χ1v) is 13.7. The average molecular weight is 675 g/mol. The largest absolute Gasteiger partial charge is 1.00 e. The standard InChI is InChI=1S/C29H35F6N3O4.2ClH/c1-19-3-4-20(12-26(19)39)11-24-16-36(5-6-37-9-10-42-25(17-37)18-41-2)7-8-38(24)27(40)21-13-22(28(30,31)32)15-23(14-21)29(33,34)35;;/h3-4,12-15,24-25,39H,5-11,16-18H2,1-2H3;2*1H/p-2. The van der Waals surface area contributed by atoms with Gasteiger partial charge >= 0.3 is 12.4 Å². The number of halogens is 8. The number of alkyl halides is 6. The molecule has 0 spiro atoms. The number of hydrogen-bond acceptors (Lipinski definition) is 6. The van der Waals surface area contributed by atoms with E-state index in [1.807, 2.05) is 0 Å². The van der Waals surface area contributed by atoms with Crippen LogP contribution in [0.4, 0.5) is 26.3 Å². The number of rotatable bonds is 8. The van der Waals surface area contributed by atoms with Crippen LogP contribution in [0.1, 0.15) is 32.6 Å². The first-order valence-electron chi connectivity index (χ1n) is 13.7. The SMILES string of the molecule is COCC1CN(CCN2CCN(C(=O)c3cc(C(F)(F)F)cc(C(F)(F)F)c3)C(Cc3ccc(C)c(O)c3)C2)CCO1.[Cl-].[Cl-]. The highest BCUT2D eigenvalue weighted by Crippen LogP contribution is 2.37. The second-order valence-corrected chi connectivity index (χ2v) is 10.8. The molecule has 0 aromatic heterocycles. The third-order valence-corrected chi connectivity index (χ3v) is 7.72. The molecule has 2 saturated heterocycles. The lowest BCUT2D eigenvalue weighted by atomic mass is 9.98. The van der Waals surface area contributed by atoms with E-state index < -0.39 is 41.0 Å². The van der Waals surface area contributed by atoms with E-state index >= 15 is 0 Å². The van der Waals surface area contributed by atoms with Crippen molar-refractivity contribution in [3.63, 3.8) is 0 Å². The molecule has 2 aromatic carbocycles. The van der Waals surface area contributed by atoms with E-state index in [0.29, 0.717) is 62.7 Å². The molecule has 1 amide bonds. The zero-order chi connectivity index (χ0) is 30.7. The van der Waals surface area contributed by atoms with Gasteiger partial charge in [-0.25, -0.2) is 0 Å². The fraction of sp³-hybridized carbons (Fsp3) is 0.552. The molecule has 2 aromatic rings. The van der Waals surface area contributed by atoms with Crippen LogP contribution in [-0.4, -0.2) is 104 Å². The predicted molar refractivity (Wildman–Crippen MR) is 142 cm³/mol. The zero-order valence-electron chi connectivity index (χ0n) is 24.2. The lowest BCUT2D eigenvalue weighted by Crippen LogP contribution is -3.00. The molecule has 2 fully saturated rings. The summed E-state index contributed by atoms with van der Waals surface area (Å²) in [5, 5.41) is 10.2. The van der Waals surface area contributed by atoms with Crippen molar-refractivity contribution in [1.29, 1.82) is 0 Å². The molecular weight excluding hydrogens is 639 g/mol. The molecule has 15 heteroatoms. The molecule has 0 aliphatic carbocycles. The van der Waals surface area contributed by atoms with Crippen molar-refractivity contribution in [1.82, 2.24) is 14.7 Å². The molecule has 4 rings (SSSR count). The third-order valence-electron chi connectivity index (χ3n) is 7.72. The van der Waals surface area contributed by atoms with E-state index in [9.17, 15) is 36.2 Å². The van der Waals surface area contributed by atoms with Gasteiger partial charge in [0.1, 0.15) is 5.75 Å². The zero-order valence-corrected chi connectivity index (χ0v) is 25.7. The molecule has 2 unspecified atom stereocenters. The number of hydrogen-bond donors (Lipinski definition) is 1. The summed E-state index contributed by atoms with van der Waals surface area (Å²) in [5.41, 5.74) is -2.38. The van der Waals surface area contributed by atoms with Crippen molar-refractivity contribution < 1.29 is 70.5 Å². The molecule has 0 radical (unpaired) electrons. The predicted octanol–water partition coefficient (Wildman–Crippen LogP) is -1.54. The summed E-state index contributed by atoms with van der Waals surface area (Å²) >= 11 is 0. The average Bonchev–Trinajstić information content (AvgIpc) is 2.93. The normalized spacial score (nSPS) is 20.1. The van der Waals surface area contributed by atoms with Crippen molar-refractivity contribution >= 4 is 5.91 Å². The quantitative estimate of drug-likeness (QED) is 0.343. The van der Waals surface area contributed by atoms with Crippen LogP contribution in [-0.2, 0) is 28.2 Å². The molecular formula is C29H35Cl2F6N3O4-2. The van der Waals surface area contributed by atoms with Gasteiger partial charge in [0.25, 0.3) is 5.91 Å². The van der Waals surface area contributed by atoms with Crippen molar-refractivity contribution in [2.24, 2.45) is 0 Å². The van der Waals surface area contributed by atoms with Crippen LogP contribution in [0.2, 0.25) is 0 Å². The summed E-state index contributed by atoms with van der Waals surface area (Å²) in [6.45, 7) is 6.49. The Balaban J connectivity index is 0.00000337. The van der Waals surface area contributed by atoms with Crippen LogP contribution in [0.25, 0.3) is 0 Å². The molecule has 44 heavy (non-hydrogen) atoms. The Hall–Kier alpha value is -2.29. The number of benzene rings is 2. The second kappa shape index (κ2) is 15.8. The first-order chi connectivity index (χ1) is 19.7. The topological polar surface area (TPSA) is 65.5 Å². The third kappa shape index (κ3) is 9.85. The van der Waals surface area contributed by atoms with Crippen molar-refractivity contribution in [2.75, 3.05) is 66.1 Å². The highest BCUT2D eigenvalue weighted by molar-refractivity contribution is 5.95. The van der Waals surface area contributed by atoms with Crippen LogP contribution < -0.4 is 24.8 Å². The minimum atomic E-state index is -5.06.